The summed E-state index contributed by atoms with van der Waals surface area (Å²) in [6, 6.07) is 11.7. The Kier molecular flexibility index (Phi) is 6.59. The smallest absolute Gasteiger partial charge is 0.334 e. The highest BCUT2D eigenvalue weighted by Gasteiger charge is 2.18. The fourth-order valence-electron chi connectivity index (χ4n) is 4.51. The molecule has 0 aliphatic carbocycles. The number of aliphatic hydroxyl groups is 1. The number of hydrogen-bond acceptors (Lipinski definition) is 6. The fourth-order valence-corrected chi connectivity index (χ4v) is 4.51. The number of benzene rings is 1. The molecule has 0 atom stereocenters. The Bertz CT molecular complexity index is 1510. The summed E-state index contributed by atoms with van der Waals surface area (Å²) in [6.07, 6.45) is 10.1. The Balaban J connectivity index is 1.54. The Morgan fingerprint density at radius 3 is 2.58 bits per heavy atom. The summed E-state index contributed by atoms with van der Waals surface area (Å²) in [5.74, 6) is 1.22. The Labute approximate surface area is 207 Å². The van der Waals surface area contributed by atoms with Crippen molar-refractivity contribution in [2.75, 3.05) is 0 Å². The molecule has 0 radical (unpaired) electrons. The largest absolute Gasteiger partial charge is 0.392 e. The molecule has 0 bridgehead atoms. The summed E-state index contributed by atoms with van der Waals surface area (Å²) in [6.45, 7) is 2.39. The van der Waals surface area contributed by atoms with Crippen LogP contribution in [0.3, 0.4) is 0 Å². The maximum Gasteiger partial charge on any atom is 0.334 e. The second-order valence-corrected chi connectivity index (χ2v) is 8.74. The van der Waals surface area contributed by atoms with Gasteiger partial charge in [0.15, 0.2) is 0 Å². The van der Waals surface area contributed by atoms with Crippen LogP contribution in [0.2, 0.25) is 0 Å². The van der Waals surface area contributed by atoms with Crippen LogP contribution < -0.4 is 5.69 Å². The van der Waals surface area contributed by atoms with Crippen molar-refractivity contribution < 1.29 is 5.11 Å². The van der Waals surface area contributed by atoms with Gasteiger partial charge in [-0.05, 0) is 46.9 Å². The summed E-state index contributed by atoms with van der Waals surface area (Å²) in [5.41, 5.74) is 5.33. The van der Waals surface area contributed by atoms with E-state index in [2.05, 4.69) is 32.5 Å². The zero-order chi connectivity index (χ0) is 25.1. The van der Waals surface area contributed by atoms with Gasteiger partial charge in [0.25, 0.3) is 0 Å². The van der Waals surface area contributed by atoms with Gasteiger partial charge < -0.3 is 9.67 Å². The lowest BCUT2D eigenvalue weighted by Crippen LogP contribution is -2.26. The molecule has 10 heteroatoms. The zero-order valence-corrected chi connectivity index (χ0v) is 20.3. The minimum absolute atomic E-state index is 0.134. The molecule has 1 aromatic carbocycles. The number of unbranched alkanes of at least 4 members (excludes halogenated alkanes) is 1. The number of nitrogens with zero attached hydrogens (tertiary/aromatic N) is 7. The van der Waals surface area contributed by atoms with Crippen molar-refractivity contribution >= 4 is 0 Å². The van der Waals surface area contributed by atoms with Crippen LogP contribution in [0.25, 0.3) is 28.3 Å². The minimum atomic E-state index is -0.139. The van der Waals surface area contributed by atoms with E-state index < -0.39 is 0 Å². The number of nitrogens with one attached hydrogen (secondary N) is 1. The van der Waals surface area contributed by atoms with Gasteiger partial charge in [0.1, 0.15) is 5.82 Å². The number of imidazole rings is 1. The highest BCUT2D eigenvalue weighted by molar-refractivity contribution is 5.69. The predicted octanol–water partition coefficient (Wildman–Crippen LogP) is 3.10. The number of hydrogen-bond donors (Lipinski definition) is 2. The topological polar surface area (TPSA) is 119 Å². The Hall–Kier alpha value is -4.31. The van der Waals surface area contributed by atoms with Crippen LogP contribution >= 0.6 is 0 Å². The van der Waals surface area contributed by atoms with Gasteiger partial charge in [-0.25, -0.2) is 4.79 Å². The third-order valence-corrected chi connectivity index (χ3v) is 6.40. The van der Waals surface area contributed by atoms with E-state index in [9.17, 15) is 9.90 Å². The Morgan fingerprint density at radius 1 is 1.06 bits per heavy atom. The molecule has 0 amide bonds. The molecular weight excluding hydrogens is 456 g/mol. The van der Waals surface area contributed by atoms with Crippen LogP contribution in [-0.4, -0.2) is 44.4 Å². The maximum atomic E-state index is 13.7. The molecule has 0 spiro atoms. The van der Waals surface area contributed by atoms with Crippen molar-refractivity contribution in [3.63, 3.8) is 0 Å². The SMILES string of the molecule is CCCCc1cn(-c2c(CO)ccn2C)c(=O)n1Cc1cnccc1-c1ccc(-c2nn[nH]n2)cc1. The number of aromatic nitrogens is 8. The molecule has 4 heterocycles. The molecule has 0 aliphatic rings. The van der Waals surface area contributed by atoms with Gasteiger partial charge in [0, 0.05) is 48.7 Å². The number of H-pyrrole nitrogens is 1. The standard InChI is InChI=1S/C26H28N8O2/c1-3-4-5-22-16-34(25-20(17-35)11-13-32(25)2)26(36)33(22)15-21-14-27-12-10-23(21)18-6-8-19(9-7-18)24-28-30-31-29-24/h6-14,16,35H,3-5,15,17H2,1-2H3,(H,28,29,30,31). The van der Waals surface area contributed by atoms with Gasteiger partial charge in [-0.3, -0.25) is 14.1 Å². The molecule has 0 aliphatic heterocycles. The third kappa shape index (κ3) is 4.38. The van der Waals surface area contributed by atoms with Gasteiger partial charge in [-0.1, -0.05) is 37.6 Å². The molecule has 5 aromatic rings. The maximum absolute atomic E-state index is 13.7. The first-order valence-electron chi connectivity index (χ1n) is 11.9. The number of aromatic amines is 1. The molecule has 0 saturated heterocycles. The van der Waals surface area contributed by atoms with E-state index in [-0.39, 0.29) is 12.3 Å². The second-order valence-electron chi connectivity index (χ2n) is 8.74. The summed E-state index contributed by atoms with van der Waals surface area (Å²) in [7, 11) is 1.88. The van der Waals surface area contributed by atoms with Gasteiger partial charge in [0.05, 0.1) is 13.2 Å². The normalized spacial score (nSPS) is 11.3. The second kappa shape index (κ2) is 10.1. The Morgan fingerprint density at radius 2 is 1.86 bits per heavy atom. The van der Waals surface area contributed by atoms with Crippen LogP contribution in [0, 0.1) is 0 Å². The number of aryl methyl sites for hydroxylation is 2. The van der Waals surface area contributed by atoms with E-state index >= 15 is 0 Å². The van der Waals surface area contributed by atoms with Crippen LogP contribution in [0.5, 0.6) is 0 Å². The lowest BCUT2D eigenvalue weighted by molar-refractivity contribution is 0.281. The van der Waals surface area contributed by atoms with Gasteiger partial charge in [-0.15, -0.1) is 10.2 Å². The van der Waals surface area contributed by atoms with Crippen LogP contribution in [0.1, 0.15) is 36.6 Å². The highest BCUT2D eigenvalue weighted by Crippen LogP contribution is 2.26. The van der Waals surface area contributed by atoms with E-state index in [0.717, 1.165) is 47.2 Å². The number of pyridine rings is 1. The van der Waals surface area contributed by atoms with Crippen molar-refractivity contribution in [1.82, 2.24) is 39.3 Å². The van der Waals surface area contributed by atoms with E-state index in [4.69, 9.17) is 0 Å². The monoisotopic (exact) mass is 484 g/mol. The lowest BCUT2D eigenvalue weighted by atomic mass is 10.00. The fraction of sp³-hybridized carbons (Fsp3) is 0.269. The van der Waals surface area contributed by atoms with E-state index in [1.807, 2.05) is 71.2 Å². The summed E-state index contributed by atoms with van der Waals surface area (Å²) >= 11 is 0. The van der Waals surface area contributed by atoms with Crippen molar-refractivity contribution in [2.24, 2.45) is 7.05 Å². The molecular formula is C26H28N8O2. The summed E-state index contributed by atoms with van der Waals surface area (Å²) in [5, 5.41) is 24.0. The molecule has 36 heavy (non-hydrogen) atoms. The predicted molar refractivity (Wildman–Crippen MR) is 135 cm³/mol. The first kappa shape index (κ1) is 23.4. The number of aliphatic hydroxyl groups excluding tert-OH is 1. The van der Waals surface area contributed by atoms with Crippen LogP contribution in [-0.2, 0) is 26.6 Å². The van der Waals surface area contributed by atoms with Gasteiger partial charge in [0.2, 0.25) is 5.82 Å². The zero-order valence-electron chi connectivity index (χ0n) is 20.3. The molecule has 2 N–H and O–H groups in total. The first-order valence-corrected chi connectivity index (χ1v) is 11.9. The molecule has 0 unspecified atom stereocenters. The first-order chi connectivity index (χ1) is 17.6. The van der Waals surface area contributed by atoms with E-state index in [1.165, 1.54) is 0 Å². The molecule has 0 saturated carbocycles. The van der Waals surface area contributed by atoms with Crippen molar-refractivity contribution in [3.05, 3.63) is 88.5 Å². The van der Waals surface area contributed by atoms with Crippen LogP contribution in [0.4, 0.5) is 0 Å². The van der Waals surface area contributed by atoms with Crippen molar-refractivity contribution in [3.8, 4) is 28.3 Å². The number of rotatable bonds is 9. The lowest BCUT2D eigenvalue weighted by Gasteiger charge is -2.12. The molecule has 10 nitrogen and oxygen atoms in total. The average Bonchev–Trinajstić information content (AvgIpc) is 3.64. The van der Waals surface area contributed by atoms with Crippen LogP contribution in [0.15, 0.2) is 66.0 Å². The number of tetrazole rings is 1. The summed E-state index contributed by atoms with van der Waals surface area (Å²) < 4.78 is 5.33. The van der Waals surface area contributed by atoms with E-state index in [0.29, 0.717) is 23.8 Å². The average molecular weight is 485 g/mol. The minimum Gasteiger partial charge on any atom is -0.392 e. The highest BCUT2D eigenvalue weighted by atomic mass is 16.3. The molecule has 4 aromatic heterocycles. The van der Waals surface area contributed by atoms with Crippen molar-refractivity contribution in [1.29, 1.82) is 0 Å². The summed E-state index contributed by atoms with van der Waals surface area (Å²) in [4.78, 5) is 18.0. The molecule has 184 valence electrons. The molecule has 5 rings (SSSR count). The molecule has 0 fully saturated rings. The van der Waals surface area contributed by atoms with Crippen molar-refractivity contribution in [2.45, 2.75) is 39.3 Å². The third-order valence-electron chi connectivity index (χ3n) is 6.40. The van der Waals surface area contributed by atoms with E-state index in [1.54, 1.807) is 10.8 Å². The van der Waals surface area contributed by atoms with Gasteiger partial charge in [-0.2, -0.15) is 5.21 Å². The quantitative estimate of drug-likeness (QED) is 0.332. The van der Waals surface area contributed by atoms with Gasteiger partial charge >= 0.3 is 5.69 Å².